The van der Waals surface area contributed by atoms with Gasteiger partial charge in [0.15, 0.2) is 0 Å². The molecule has 0 bridgehead atoms. The van der Waals surface area contributed by atoms with Crippen molar-refractivity contribution < 1.29 is 28.6 Å². The standard InChI is InChI=1S/C30H27FN2O5/c1-38-22-12-8-18(9-13-22)20-16-24-29(26(34)17-20)30(19-6-10-21(31)11-7-19)33(27(35)14-15-28(36)37)25-5-3-2-4-23(25)32-24/h2-13,20,29-30H,14-17H2,1H3,(H,36,37). The van der Waals surface area contributed by atoms with E-state index in [2.05, 4.69) is 0 Å². The Morgan fingerprint density at radius 2 is 1.66 bits per heavy atom. The molecule has 2 aliphatic rings. The van der Waals surface area contributed by atoms with Gasteiger partial charge in [0.25, 0.3) is 0 Å². The van der Waals surface area contributed by atoms with Gasteiger partial charge in [-0.05, 0) is 59.9 Å². The number of nitrogens with zero attached hydrogens (tertiary/aromatic N) is 2. The van der Waals surface area contributed by atoms with Gasteiger partial charge in [0.1, 0.15) is 17.3 Å². The predicted molar refractivity (Wildman–Crippen MR) is 140 cm³/mol. The molecule has 1 aliphatic carbocycles. The van der Waals surface area contributed by atoms with Crippen LogP contribution in [0.25, 0.3) is 0 Å². The molecule has 3 atom stereocenters. The third-order valence-corrected chi connectivity index (χ3v) is 7.23. The highest BCUT2D eigenvalue weighted by Gasteiger charge is 2.46. The number of hydrogen-bond donors (Lipinski definition) is 1. The number of para-hydroxylation sites is 2. The molecule has 1 N–H and O–H groups in total. The van der Waals surface area contributed by atoms with E-state index in [1.807, 2.05) is 30.3 Å². The van der Waals surface area contributed by atoms with Gasteiger partial charge in [0.05, 0.1) is 36.9 Å². The molecule has 38 heavy (non-hydrogen) atoms. The van der Waals surface area contributed by atoms with Crippen LogP contribution in [-0.4, -0.2) is 35.6 Å². The van der Waals surface area contributed by atoms with Crippen molar-refractivity contribution in [3.05, 3.63) is 89.7 Å². The Labute approximate surface area is 219 Å². The number of ketones is 1. The maximum absolute atomic E-state index is 13.9. The number of carbonyl (C=O) groups is 3. The van der Waals surface area contributed by atoms with Crippen molar-refractivity contribution in [2.24, 2.45) is 10.9 Å². The summed E-state index contributed by atoms with van der Waals surface area (Å²) in [6.07, 6.45) is 0.165. The maximum Gasteiger partial charge on any atom is 0.303 e. The minimum absolute atomic E-state index is 0.0750. The second-order valence-corrected chi connectivity index (χ2v) is 9.57. The molecule has 5 rings (SSSR count). The van der Waals surface area contributed by atoms with E-state index in [0.29, 0.717) is 29.1 Å². The lowest BCUT2D eigenvalue weighted by Crippen LogP contribution is -2.45. The van der Waals surface area contributed by atoms with Crippen LogP contribution in [0.4, 0.5) is 15.8 Å². The van der Waals surface area contributed by atoms with E-state index in [0.717, 1.165) is 11.3 Å². The normalized spacial score (nSPS) is 20.6. The summed E-state index contributed by atoms with van der Waals surface area (Å²) >= 11 is 0. The molecule has 1 fully saturated rings. The number of carboxylic acids is 1. The Morgan fingerprint density at radius 3 is 2.34 bits per heavy atom. The number of aliphatic imine (C=N–C) groups is 1. The van der Waals surface area contributed by atoms with Crippen LogP contribution in [-0.2, 0) is 14.4 Å². The highest BCUT2D eigenvalue weighted by atomic mass is 19.1. The lowest BCUT2D eigenvalue weighted by atomic mass is 9.72. The summed E-state index contributed by atoms with van der Waals surface area (Å²) in [4.78, 5) is 45.2. The number of anilines is 1. The zero-order valence-electron chi connectivity index (χ0n) is 20.8. The van der Waals surface area contributed by atoms with Gasteiger partial charge in [-0.2, -0.15) is 0 Å². The molecule has 1 heterocycles. The first kappa shape index (κ1) is 25.3. The number of rotatable bonds is 6. The number of Topliss-reactive ketones (excluding diaryl/α,β-unsaturated/α-hetero) is 1. The van der Waals surface area contributed by atoms with E-state index in [9.17, 15) is 23.9 Å². The molecule has 3 aromatic rings. The molecule has 0 spiro atoms. The van der Waals surface area contributed by atoms with Gasteiger partial charge in [-0.15, -0.1) is 0 Å². The fourth-order valence-corrected chi connectivity index (χ4v) is 5.43. The molecule has 1 amide bonds. The lowest BCUT2D eigenvalue weighted by Gasteiger charge is -2.39. The smallest absolute Gasteiger partial charge is 0.303 e. The van der Waals surface area contributed by atoms with Crippen molar-refractivity contribution in [3.8, 4) is 5.75 Å². The van der Waals surface area contributed by atoms with Crippen molar-refractivity contribution >= 4 is 34.7 Å². The highest BCUT2D eigenvalue weighted by Crippen LogP contribution is 2.47. The Bertz CT molecular complexity index is 1400. The van der Waals surface area contributed by atoms with Crippen molar-refractivity contribution in [3.63, 3.8) is 0 Å². The van der Waals surface area contributed by atoms with Crippen LogP contribution >= 0.6 is 0 Å². The second-order valence-electron chi connectivity index (χ2n) is 9.57. The average molecular weight is 515 g/mol. The van der Waals surface area contributed by atoms with Gasteiger partial charge < -0.3 is 14.7 Å². The molecule has 7 nitrogen and oxygen atoms in total. The van der Waals surface area contributed by atoms with Crippen LogP contribution in [0.3, 0.4) is 0 Å². The third kappa shape index (κ3) is 4.94. The fourth-order valence-electron chi connectivity index (χ4n) is 5.43. The summed E-state index contributed by atoms with van der Waals surface area (Å²) in [5.41, 5.74) is 3.25. The largest absolute Gasteiger partial charge is 0.497 e. The number of hydrogen-bond acceptors (Lipinski definition) is 5. The van der Waals surface area contributed by atoms with Gasteiger partial charge in [-0.25, -0.2) is 4.39 Å². The van der Waals surface area contributed by atoms with Gasteiger partial charge in [-0.1, -0.05) is 36.4 Å². The summed E-state index contributed by atoms with van der Waals surface area (Å²) in [6, 6.07) is 19.7. The van der Waals surface area contributed by atoms with Crippen LogP contribution < -0.4 is 9.64 Å². The van der Waals surface area contributed by atoms with E-state index in [1.165, 1.54) is 17.0 Å². The first-order chi connectivity index (χ1) is 18.4. The summed E-state index contributed by atoms with van der Waals surface area (Å²) in [5.74, 6) is -2.16. The zero-order valence-corrected chi connectivity index (χ0v) is 20.8. The second kappa shape index (κ2) is 10.6. The molecule has 3 aromatic carbocycles. The molecule has 8 heteroatoms. The highest BCUT2D eigenvalue weighted by molar-refractivity contribution is 6.13. The summed E-state index contributed by atoms with van der Waals surface area (Å²) in [5, 5.41) is 9.23. The molecule has 3 unspecified atom stereocenters. The molecular weight excluding hydrogens is 487 g/mol. The lowest BCUT2D eigenvalue weighted by molar-refractivity contribution is -0.138. The number of benzene rings is 3. The van der Waals surface area contributed by atoms with Crippen LogP contribution in [0.15, 0.2) is 77.8 Å². The van der Waals surface area contributed by atoms with Gasteiger partial charge in [0, 0.05) is 18.6 Å². The maximum atomic E-state index is 13.9. The van der Waals surface area contributed by atoms with Crippen molar-refractivity contribution in [2.75, 3.05) is 12.0 Å². The minimum Gasteiger partial charge on any atom is -0.497 e. The van der Waals surface area contributed by atoms with Gasteiger partial charge in [0.2, 0.25) is 5.91 Å². The number of fused-ring (bicyclic) bond motifs is 2. The summed E-state index contributed by atoms with van der Waals surface area (Å²) in [6.45, 7) is 0. The summed E-state index contributed by atoms with van der Waals surface area (Å²) < 4.78 is 19.2. The fraction of sp³-hybridized carbons (Fsp3) is 0.267. The number of aliphatic carboxylic acids is 1. The molecule has 194 valence electrons. The van der Waals surface area contributed by atoms with Crippen LogP contribution in [0.1, 0.15) is 48.8 Å². The topological polar surface area (TPSA) is 96.3 Å². The number of ether oxygens (including phenoxy) is 1. The molecule has 1 saturated carbocycles. The Hall–Kier alpha value is -4.33. The van der Waals surface area contributed by atoms with Crippen molar-refractivity contribution in [2.45, 2.75) is 37.6 Å². The summed E-state index contributed by atoms with van der Waals surface area (Å²) in [7, 11) is 1.60. The Balaban J connectivity index is 1.62. The molecule has 0 saturated heterocycles. The monoisotopic (exact) mass is 514 g/mol. The quantitative estimate of drug-likeness (QED) is 0.460. The zero-order chi connectivity index (χ0) is 26.8. The SMILES string of the molecule is COc1ccc(C2CC(=O)C3C(=Nc4ccccc4N(C(=O)CCC(=O)O)C3c3ccc(F)cc3)C2)cc1. The van der Waals surface area contributed by atoms with Crippen LogP contribution in [0.2, 0.25) is 0 Å². The number of halogens is 1. The molecular formula is C30H27FN2O5. The number of methoxy groups -OCH3 is 1. The van der Waals surface area contributed by atoms with E-state index >= 15 is 0 Å². The first-order valence-electron chi connectivity index (χ1n) is 12.5. The van der Waals surface area contributed by atoms with E-state index < -0.39 is 29.7 Å². The number of carboxylic acid groups (broad SMARTS) is 1. The van der Waals surface area contributed by atoms with E-state index in [1.54, 1.807) is 37.4 Å². The molecule has 1 aliphatic heterocycles. The van der Waals surface area contributed by atoms with Crippen molar-refractivity contribution in [1.29, 1.82) is 0 Å². The molecule has 0 aromatic heterocycles. The first-order valence-corrected chi connectivity index (χ1v) is 12.5. The van der Waals surface area contributed by atoms with Crippen LogP contribution in [0.5, 0.6) is 5.75 Å². The van der Waals surface area contributed by atoms with Gasteiger partial charge in [-0.3, -0.25) is 19.4 Å². The Kier molecular flexibility index (Phi) is 7.05. The minimum atomic E-state index is -1.09. The number of amides is 1. The van der Waals surface area contributed by atoms with E-state index in [4.69, 9.17) is 9.73 Å². The number of carbonyl (C=O) groups excluding carboxylic acids is 2. The van der Waals surface area contributed by atoms with Crippen LogP contribution in [0, 0.1) is 11.7 Å². The van der Waals surface area contributed by atoms with Crippen molar-refractivity contribution in [1.82, 2.24) is 0 Å². The predicted octanol–water partition coefficient (Wildman–Crippen LogP) is 5.62. The molecule has 0 radical (unpaired) electrons. The van der Waals surface area contributed by atoms with E-state index in [-0.39, 0.29) is 31.0 Å². The Morgan fingerprint density at radius 1 is 0.974 bits per heavy atom. The average Bonchev–Trinajstić information content (AvgIpc) is 3.07. The third-order valence-electron chi connectivity index (χ3n) is 7.23. The van der Waals surface area contributed by atoms with Gasteiger partial charge >= 0.3 is 5.97 Å².